The van der Waals surface area contributed by atoms with Gasteiger partial charge in [0.05, 0.1) is 0 Å². The number of nitrogens with zero attached hydrogens (tertiary/aromatic N) is 1. The van der Waals surface area contributed by atoms with Crippen molar-refractivity contribution in [2.45, 2.75) is 45.8 Å². The van der Waals surface area contributed by atoms with Gasteiger partial charge in [0.25, 0.3) is 0 Å². The fraction of sp³-hybridized carbons (Fsp3) is 0.600. The monoisotopic (exact) mass is 232 g/mol. The zero-order chi connectivity index (χ0) is 12.3. The van der Waals surface area contributed by atoms with Gasteiger partial charge in [-0.05, 0) is 24.5 Å². The Balaban J connectivity index is 1.93. The van der Waals surface area contributed by atoms with Crippen molar-refractivity contribution in [1.82, 2.24) is 10.2 Å². The van der Waals surface area contributed by atoms with Gasteiger partial charge in [0.15, 0.2) is 0 Å². The molecule has 0 aromatic heterocycles. The number of fused-ring (bicyclic) bond motifs is 1. The minimum absolute atomic E-state index is 0.578. The fourth-order valence-corrected chi connectivity index (χ4v) is 2.43. The Morgan fingerprint density at radius 1 is 1.18 bits per heavy atom. The normalized spacial score (nSPS) is 18.1. The van der Waals surface area contributed by atoms with Crippen LogP contribution in [0, 0.1) is 0 Å². The predicted molar refractivity (Wildman–Crippen MR) is 73.2 cm³/mol. The number of rotatable bonds is 4. The summed E-state index contributed by atoms with van der Waals surface area (Å²) in [5.74, 6) is 0. The van der Waals surface area contributed by atoms with E-state index in [-0.39, 0.29) is 0 Å². The Bertz CT molecular complexity index is 360. The van der Waals surface area contributed by atoms with Crippen LogP contribution in [0.5, 0.6) is 0 Å². The molecule has 2 heteroatoms. The third-order valence-electron chi connectivity index (χ3n) is 3.61. The molecule has 1 aliphatic rings. The van der Waals surface area contributed by atoms with E-state index in [2.05, 4.69) is 55.3 Å². The van der Waals surface area contributed by atoms with E-state index >= 15 is 0 Å². The van der Waals surface area contributed by atoms with Crippen LogP contribution in [-0.4, -0.2) is 30.1 Å². The van der Waals surface area contributed by atoms with Crippen molar-refractivity contribution >= 4 is 0 Å². The SMILES string of the molecule is CC(C)NCC(C)N1CCc2ccccc2C1. The maximum absolute atomic E-state index is 3.52. The Hall–Kier alpha value is -0.860. The molecule has 1 N–H and O–H groups in total. The average Bonchev–Trinajstić information content (AvgIpc) is 2.35. The van der Waals surface area contributed by atoms with Crippen molar-refractivity contribution in [2.24, 2.45) is 0 Å². The molecule has 1 aromatic rings. The summed E-state index contributed by atoms with van der Waals surface area (Å²) in [6.45, 7) is 10.1. The van der Waals surface area contributed by atoms with Gasteiger partial charge in [0.2, 0.25) is 0 Å². The molecule has 1 aliphatic heterocycles. The van der Waals surface area contributed by atoms with E-state index < -0.39 is 0 Å². The van der Waals surface area contributed by atoms with Gasteiger partial charge in [0.1, 0.15) is 0 Å². The van der Waals surface area contributed by atoms with Crippen LogP contribution in [0.15, 0.2) is 24.3 Å². The van der Waals surface area contributed by atoms with Gasteiger partial charge in [-0.1, -0.05) is 38.1 Å². The molecule has 0 radical (unpaired) electrons. The van der Waals surface area contributed by atoms with Crippen molar-refractivity contribution in [1.29, 1.82) is 0 Å². The molecular weight excluding hydrogens is 208 g/mol. The maximum Gasteiger partial charge on any atom is 0.0239 e. The van der Waals surface area contributed by atoms with Gasteiger partial charge < -0.3 is 5.32 Å². The smallest absolute Gasteiger partial charge is 0.0239 e. The molecule has 0 fully saturated rings. The molecule has 0 saturated heterocycles. The van der Waals surface area contributed by atoms with Gasteiger partial charge in [-0.25, -0.2) is 0 Å². The van der Waals surface area contributed by atoms with E-state index in [0.717, 1.165) is 13.1 Å². The lowest BCUT2D eigenvalue weighted by Gasteiger charge is -2.34. The highest BCUT2D eigenvalue weighted by molar-refractivity contribution is 5.29. The number of nitrogens with one attached hydrogen (secondary N) is 1. The second kappa shape index (κ2) is 5.65. The summed E-state index contributed by atoms with van der Waals surface area (Å²) < 4.78 is 0. The molecule has 1 unspecified atom stereocenters. The lowest BCUT2D eigenvalue weighted by molar-refractivity contribution is 0.184. The highest BCUT2D eigenvalue weighted by atomic mass is 15.2. The minimum atomic E-state index is 0.578. The number of hydrogen-bond acceptors (Lipinski definition) is 2. The third kappa shape index (κ3) is 3.30. The molecule has 0 spiro atoms. The molecule has 1 atom stereocenters. The zero-order valence-electron chi connectivity index (χ0n) is 11.2. The first kappa shape index (κ1) is 12.6. The van der Waals surface area contributed by atoms with E-state index in [1.54, 1.807) is 0 Å². The molecular formula is C15H24N2. The summed E-state index contributed by atoms with van der Waals surface area (Å²) in [4.78, 5) is 2.58. The minimum Gasteiger partial charge on any atom is -0.313 e. The van der Waals surface area contributed by atoms with Crippen LogP contribution in [0.25, 0.3) is 0 Å². The molecule has 0 aliphatic carbocycles. The molecule has 0 amide bonds. The summed E-state index contributed by atoms with van der Waals surface area (Å²) in [6.07, 6.45) is 1.20. The first-order chi connectivity index (χ1) is 8.16. The summed E-state index contributed by atoms with van der Waals surface area (Å²) in [5, 5.41) is 3.52. The standard InChI is InChI=1S/C15H24N2/c1-12(2)16-10-13(3)17-9-8-14-6-4-5-7-15(14)11-17/h4-7,12-13,16H,8-11H2,1-3H3. The Labute approximate surface area is 105 Å². The Morgan fingerprint density at radius 3 is 2.59 bits per heavy atom. The van der Waals surface area contributed by atoms with E-state index in [4.69, 9.17) is 0 Å². The van der Waals surface area contributed by atoms with E-state index in [1.165, 1.54) is 24.1 Å². The number of benzene rings is 1. The molecule has 0 saturated carbocycles. The van der Waals surface area contributed by atoms with Crippen LogP contribution in [0.1, 0.15) is 31.9 Å². The molecule has 17 heavy (non-hydrogen) atoms. The molecule has 2 nitrogen and oxygen atoms in total. The van der Waals surface area contributed by atoms with Crippen LogP contribution in [0.3, 0.4) is 0 Å². The van der Waals surface area contributed by atoms with Crippen LogP contribution >= 0.6 is 0 Å². The van der Waals surface area contributed by atoms with Gasteiger partial charge in [0, 0.05) is 31.7 Å². The Kier molecular flexibility index (Phi) is 4.19. The topological polar surface area (TPSA) is 15.3 Å². The first-order valence-corrected chi connectivity index (χ1v) is 6.71. The van der Waals surface area contributed by atoms with Gasteiger partial charge >= 0.3 is 0 Å². The van der Waals surface area contributed by atoms with Crippen molar-refractivity contribution in [3.05, 3.63) is 35.4 Å². The largest absolute Gasteiger partial charge is 0.313 e. The molecule has 1 aromatic carbocycles. The molecule has 94 valence electrons. The summed E-state index contributed by atoms with van der Waals surface area (Å²) >= 11 is 0. The van der Waals surface area contributed by atoms with Crippen molar-refractivity contribution < 1.29 is 0 Å². The quantitative estimate of drug-likeness (QED) is 0.857. The van der Waals surface area contributed by atoms with E-state index in [0.29, 0.717) is 12.1 Å². The van der Waals surface area contributed by atoms with Gasteiger partial charge in [-0.3, -0.25) is 4.90 Å². The summed E-state index contributed by atoms with van der Waals surface area (Å²) in [5.41, 5.74) is 3.04. The zero-order valence-corrected chi connectivity index (χ0v) is 11.2. The maximum atomic E-state index is 3.52. The van der Waals surface area contributed by atoms with Crippen molar-refractivity contribution in [3.8, 4) is 0 Å². The predicted octanol–water partition coefficient (Wildman–Crippen LogP) is 2.43. The number of hydrogen-bond donors (Lipinski definition) is 1. The molecule has 2 rings (SSSR count). The Morgan fingerprint density at radius 2 is 1.88 bits per heavy atom. The third-order valence-corrected chi connectivity index (χ3v) is 3.61. The molecule has 0 bridgehead atoms. The average molecular weight is 232 g/mol. The summed E-state index contributed by atoms with van der Waals surface area (Å²) in [7, 11) is 0. The van der Waals surface area contributed by atoms with E-state index in [9.17, 15) is 0 Å². The highest BCUT2D eigenvalue weighted by Crippen LogP contribution is 2.19. The molecule has 1 heterocycles. The van der Waals surface area contributed by atoms with Gasteiger partial charge in [-0.15, -0.1) is 0 Å². The van der Waals surface area contributed by atoms with Crippen LogP contribution < -0.4 is 5.32 Å². The summed E-state index contributed by atoms with van der Waals surface area (Å²) in [6, 6.07) is 10.0. The lowest BCUT2D eigenvalue weighted by atomic mass is 9.99. The second-order valence-corrected chi connectivity index (χ2v) is 5.40. The van der Waals surface area contributed by atoms with E-state index in [1.807, 2.05) is 0 Å². The first-order valence-electron chi connectivity index (χ1n) is 6.71. The van der Waals surface area contributed by atoms with Crippen molar-refractivity contribution in [2.75, 3.05) is 13.1 Å². The van der Waals surface area contributed by atoms with Crippen LogP contribution in [0.4, 0.5) is 0 Å². The fourth-order valence-electron chi connectivity index (χ4n) is 2.43. The van der Waals surface area contributed by atoms with Crippen LogP contribution in [-0.2, 0) is 13.0 Å². The van der Waals surface area contributed by atoms with Gasteiger partial charge in [-0.2, -0.15) is 0 Å². The second-order valence-electron chi connectivity index (χ2n) is 5.40. The lowest BCUT2D eigenvalue weighted by Crippen LogP contribution is -2.44. The van der Waals surface area contributed by atoms with Crippen LogP contribution in [0.2, 0.25) is 0 Å². The highest BCUT2D eigenvalue weighted by Gasteiger charge is 2.19. The van der Waals surface area contributed by atoms with Crippen molar-refractivity contribution in [3.63, 3.8) is 0 Å².